The summed E-state index contributed by atoms with van der Waals surface area (Å²) in [6.07, 6.45) is 2.99. The lowest BCUT2D eigenvalue weighted by atomic mass is 9.96. The molecule has 1 N–H and O–H groups in total. The van der Waals surface area contributed by atoms with Gasteiger partial charge in [-0.3, -0.25) is 14.2 Å². The molecule has 4 rings (SSSR count). The van der Waals surface area contributed by atoms with Crippen LogP contribution in [0.25, 0.3) is 5.69 Å². The molecule has 172 valence electrons. The summed E-state index contributed by atoms with van der Waals surface area (Å²) in [4.78, 5) is 27.1. The minimum absolute atomic E-state index is 0.0485. The van der Waals surface area contributed by atoms with Crippen LogP contribution in [-0.4, -0.2) is 57.4 Å². The predicted molar refractivity (Wildman–Crippen MR) is 126 cm³/mol. The molecule has 1 aromatic heterocycles. The molecule has 0 saturated carbocycles. The van der Waals surface area contributed by atoms with Gasteiger partial charge in [-0.1, -0.05) is 42.1 Å². The highest BCUT2D eigenvalue weighted by Crippen LogP contribution is 2.23. The van der Waals surface area contributed by atoms with Crippen molar-refractivity contribution in [3.05, 3.63) is 66.5 Å². The summed E-state index contributed by atoms with van der Waals surface area (Å²) >= 11 is 1.36. The quantitative estimate of drug-likeness (QED) is 0.515. The van der Waals surface area contributed by atoms with E-state index in [0.717, 1.165) is 17.0 Å². The van der Waals surface area contributed by atoms with E-state index >= 15 is 0 Å². The topological polar surface area (TPSA) is 89.3 Å². The van der Waals surface area contributed by atoms with Crippen LogP contribution in [0.3, 0.4) is 0 Å². The van der Waals surface area contributed by atoms with E-state index in [0.29, 0.717) is 37.6 Å². The SMILES string of the molecule is COc1ccc(-n2cnnc2SCC(=O)N2CCC(C(=O)NCc3ccccc3)CC2)cc1. The molecule has 1 aliphatic rings. The fourth-order valence-electron chi connectivity index (χ4n) is 3.78. The third-order valence-corrected chi connectivity index (χ3v) is 6.65. The van der Waals surface area contributed by atoms with E-state index in [1.807, 2.05) is 64.1 Å². The Bertz CT molecular complexity index is 1060. The van der Waals surface area contributed by atoms with Crippen molar-refractivity contribution < 1.29 is 14.3 Å². The first kappa shape index (κ1) is 22.8. The molecule has 2 aromatic carbocycles. The molecular formula is C24H27N5O3S. The van der Waals surface area contributed by atoms with E-state index in [1.54, 1.807) is 13.4 Å². The van der Waals surface area contributed by atoms with Crippen LogP contribution in [0.5, 0.6) is 5.75 Å². The maximum atomic E-state index is 12.7. The number of amides is 2. The molecule has 0 spiro atoms. The molecule has 2 heterocycles. The number of thioether (sulfide) groups is 1. The average Bonchev–Trinajstić information content (AvgIpc) is 3.35. The Morgan fingerprint density at radius 3 is 2.52 bits per heavy atom. The first-order chi connectivity index (χ1) is 16.1. The first-order valence-electron chi connectivity index (χ1n) is 10.9. The number of aromatic nitrogens is 3. The Morgan fingerprint density at radius 1 is 1.09 bits per heavy atom. The van der Waals surface area contributed by atoms with E-state index in [2.05, 4.69) is 15.5 Å². The van der Waals surface area contributed by atoms with Gasteiger partial charge >= 0.3 is 0 Å². The molecule has 0 unspecified atom stereocenters. The van der Waals surface area contributed by atoms with Crippen LogP contribution < -0.4 is 10.1 Å². The van der Waals surface area contributed by atoms with Crippen LogP contribution in [-0.2, 0) is 16.1 Å². The molecule has 33 heavy (non-hydrogen) atoms. The summed E-state index contributed by atoms with van der Waals surface area (Å²) in [5.41, 5.74) is 1.98. The Hall–Kier alpha value is -3.33. The van der Waals surface area contributed by atoms with Crippen LogP contribution in [0.15, 0.2) is 66.1 Å². The predicted octanol–water partition coefficient (Wildman–Crippen LogP) is 2.92. The van der Waals surface area contributed by atoms with Crippen molar-refractivity contribution in [1.82, 2.24) is 25.0 Å². The standard InChI is InChI=1S/C24H27N5O3S/c1-32-21-9-7-20(8-10-21)29-17-26-27-24(29)33-16-22(30)28-13-11-19(12-14-28)23(31)25-15-18-5-3-2-4-6-18/h2-10,17,19H,11-16H2,1H3,(H,25,31). The fourth-order valence-corrected chi connectivity index (χ4v) is 4.61. The molecule has 8 nitrogen and oxygen atoms in total. The van der Waals surface area contributed by atoms with Gasteiger partial charge in [-0.2, -0.15) is 0 Å². The summed E-state index contributed by atoms with van der Waals surface area (Å²) in [5.74, 6) is 1.11. The maximum Gasteiger partial charge on any atom is 0.233 e. The summed E-state index contributed by atoms with van der Waals surface area (Å²) < 4.78 is 7.05. The second-order valence-electron chi connectivity index (χ2n) is 7.83. The van der Waals surface area contributed by atoms with Gasteiger partial charge in [0.2, 0.25) is 11.8 Å². The third-order valence-electron chi connectivity index (χ3n) is 5.72. The number of hydrogen-bond acceptors (Lipinski definition) is 6. The molecule has 1 saturated heterocycles. The van der Waals surface area contributed by atoms with Crippen molar-refractivity contribution in [2.45, 2.75) is 24.5 Å². The third kappa shape index (κ3) is 5.92. The average molecular weight is 466 g/mol. The second-order valence-corrected chi connectivity index (χ2v) is 8.77. The van der Waals surface area contributed by atoms with Gasteiger partial charge in [0, 0.05) is 31.2 Å². The van der Waals surface area contributed by atoms with Crippen molar-refractivity contribution >= 4 is 23.6 Å². The van der Waals surface area contributed by atoms with Gasteiger partial charge < -0.3 is 15.0 Å². The number of benzene rings is 2. The molecule has 1 aliphatic heterocycles. The minimum atomic E-state index is -0.0522. The summed E-state index contributed by atoms with van der Waals surface area (Å²) in [7, 11) is 1.63. The Labute approximate surface area is 197 Å². The molecule has 0 aliphatic carbocycles. The number of likely N-dealkylation sites (tertiary alicyclic amines) is 1. The number of ether oxygens (including phenoxy) is 1. The summed E-state index contributed by atoms with van der Waals surface area (Å²) in [6.45, 7) is 1.71. The Balaban J connectivity index is 1.24. The van der Waals surface area contributed by atoms with E-state index in [-0.39, 0.29) is 23.5 Å². The lowest BCUT2D eigenvalue weighted by Crippen LogP contribution is -2.43. The zero-order valence-corrected chi connectivity index (χ0v) is 19.3. The van der Waals surface area contributed by atoms with Crippen molar-refractivity contribution in [2.24, 2.45) is 5.92 Å². The normalized spacial score (nSPS) is 14.2. The van der Waals surface area contributed by atoms with Crippen LogP contribution in [0.2, 0.25) is 0 Å². The summed E-state index contributed by atoms with van der Waals surface area (Å²) in [5, 5.41) is 11.8. The lowest BCUT2D eigenvalue weighted by molar-refractivity contribution is -0.133. The van der Waals surface area contributed by atoms with Crippen LogP contribution in [0, 0.1) is 5.92 Å². The zero-order chi connectivity index (χ0) is 23.0. The minimum Gasteiger partial charge on any atom is -0.497 e. The molecule has 9 heteroatoms. The number of carbonyl (C=O) groups is 2. The van der Waals surface area contributed by atoms with E-state index in [4.69, 9.17) is 4.74 Å². The number of nitrogens with zero attached hydrogens (tertiary/aromatic N) is 4. The molecular weight excluding hydrogens is 438 g/mol. The fraction of sp³-hybridized carbons (Fsp3) is 0.333. The molecule has 1 fully saturated rings. The van der Waals surface area contributed by atoms with Crippen molar-refractivity contribution in [3.8, 4) is 11.4 Å². The molecule has 2 amide bonds. The zero-order valence-electron chi connectivity index (χ0n) is 18.5. The van der Waals surface area contributed by atoms with Gasteiger partial charge in [-0.25, -0.2) is 0 Å². The van der Waals surface area contributed by atoms with Crippen molar-refractivity contribution in [3.63, 3.8) is 0 Å². The molecule has 0 radical (unpaired) electrons. The number of rotatable bonds is 8. The monoisotopic (exact) mass is 465 g/mol. The van der Waals surface area contributed by atoms with E-state index < -0.39 is 0 Å². The van der Waals surface area contributed by atoms with Gasteiger partial charge in [0.15, 0.2) is 5.16 Å². The smallest absolute Gasteiger partial charge is 0.233 e. The first-order valence-corrected chi connectivity index (χ1v) is 11.9. The number of hydrogen-bond donors (Lipinski definition) is 1. The second kappa shape index (κ2) is 11.0. The molecule has 0 atom stereocenters. The van der Waals surface area contributed by atoms with Gasteiger partial charge in [0.1, 0.15) is 12.1 Å². The van der Waals surface area contributed by atoms with Gasteiger partial charge in [-0.05, 0) is 42.7 Å². The Kier molecular flexibility index (Phi) is 7.62. The van der Waals surface area contributed by atoms with Crippen LogP contribution in [0.4, 0.5) is 0 Å². The van der Waals surface area contributed by atoms with Gasteiger partial charge in [-0.15, -0.1) is 10.2 Å². The summed E-state index contributed by atoms with van der Waals surface area (Å²) in [6, 6.07) is 17.4. The largest absolute Gasteiger partial charge is 0.497 e. The van der Waals surface area contributed by atoms with Crippen LogP contribution >= 0.6 is 11.8 Å². The Morgan fingerprint density at radius 2 is 1.82 bits per heavy atom. The number of carbonyl (C=O) groups excluding carboxylic acids is 2. The molecule has 0 bridgehead atoms. The molecule has 3 aromatic rings. The highest BCUT2D eigenvalue weighted by molar-refractivity contribution is 7.99. The highest BCUT2D eigenvalue weighted by Gasteiger charge is 2.27. The van der Waals surface area contributed by atoms with Crippen molar-refractivity contribution in [2.75, 3.05) is 26.0 Å². The van der Waals surface area contributed by atoms with E-state index in [1.165, 1.54) is 11.8 Å². The number of nitrogens with one attached hydrogen (secondary N) is 1. The van der Waals surface area contributed by atoms with Gasteiger partial charge in [0.25, 0.3) is 0 Å². The van der Waals surface area contributed by atoms with Crippen LogP contribution in [0.1, 0.15) is 18.4 Å². The van der Waals surface area contributed by atoms with Gasteiger partial charge in [0.05, 0.1) is 12.9 Å². The number of methoxy groups -OCH3 is 1. The van der Waals surface area contributed by atoms with E-state index in [9.17, 15) is 9.59 Å². The highest BCUT2D eigenvalue weighted by atomic mass is 32.2. The number of piperidine rings is 1. The maximum absolute atomic E-state index is 12.7. The lowest BCUT2D eigenvalue weighted by Gasteiger charge is -2.31. The van der Waals surface area contributed by atoms with Crippen molar-refractivity contribution in [1.29, 1.82) is 0 Å².